The van der Waals surface area contributed by atoms with Gasteiger partial charge in [0.15, 0.2) is 0 Å². The van der Waals surface area contributed by atoms with Crippen LogP contribution in [0.2, 0.25) is 0 Å². The molecule has 0 radical (unpaired) electrons. The molecule has 0 bridgehead atoms. The maximum absolute atomic E-state index is 4.47. The molecule has 21 heavy (non-hydrogen) atoms. The minimum atomic E-state index is 0.581. The van der Waals surface area contributed by atoms with Gasteiger partial charge in [0.2, 0.25) is 0 Å². The highest BCUT2D eigenvalue weighted by molar-refractivity contribution is 5.40. The summed E-state index contributed by atoms with van der Waals surface area (Å²) in [4.78, 5) is 19.5. The van der Waals surface area contributed by atoms with Crippen LogP contribution in [-0.2, 0) is 6.42 Å². The van der Waals surface area contributed by atoms with Gasteiger partial charge in [0.25, 0.3) is 0 Å². The molecule has 1 aliphatic heterocycles. The van der Waals surface area contributed by atoms with Crippen molar-refractivity contribution in [1.82, 2.24) is 19.9 Å². The molecule has 6 nitrogen and oxygen atoms in total. The highest BCUT2D eigenvalue weighted by Crippen LogP contribution is 2.24. The predicted octanol–water partition coefficient (Wildman–Crippen LogP) is 1.77. The zero-order chi connectivity index (χ0) is 14.5. The van der Waals surface area contributed by atoms with E-state index in [4.69, 9.17) is 0 Å². The molecule has 3 heterocycles. The van der Waals surface area contributed by atoms with Crippen LogP contribution in [0.25, 0.3) is 0 Å². The fourth-order valence-corrected chi connectivity index (χ4v) is 2.91. The normalized spacial score (nSPS) is 18.5. The van der Waals surface area contributed by atoms with E-state index in [0.717, 1.165) is 36.8 Å². The van der Waals surface area contributed by atoms with Gasteiger partial charge in [-0.3, -0.25) is 4.98 Å². The summed E-state index contributed by atoms with van der Waals surface area (Å²) in [6, 6.07) is 1.98. The standard InChI is InChI=1S/C15H20N6/c1-16-15-13(18-6-7-19-15)9-12-3-2-8-21(10-12)14-4-5-17-11-20-14/h4-7,11-12H,2-3,8-10H2,1H3,(H,16,19)/t12-/m0/s1. The van der Waals surface area contributed by atoms with E-state index in [9.17, 15) is 0 Å². The molecule has 6 heteroatoms. The van der Waals surface area contributed by atoms with Crippen molar-refractivity contribution in [3.63, 3.8) is 0 Å². The van der Waals surface area contributed by atoms with Gasteiger partial charge >= 0.3 is 0 Å². The summed E-state index contributed by atoms with van der Waals surface area (Å²) in [6.45, 7) is 2.07. The van der Waals surface area contributed by atoms with Crippen molar-refractivity contribution in [1.29, 1.82) is 0 Å². The summed E-state index contributed by atoms with van der Waals surface area (Å²) in [6.07, 6.45) is 10.3. The van der Waals surface area contributed by atoms with Crippen LogP contribution in [-0.4, -0.2) is 40.1 Å². The quantitative estimate of drug-likeness (QED) is 0.923. The lowest BCUT2D eigenvalue weighted by Gasteiger charge is -2.33. The van der Waals surface area contributed by atoms with Crippen LogP contribution in [0.15, 0.2) is 31.0 Å². The lowest BCUT2D eigenvalue weighted by Crippen LogP contribution is -2.37. The number of hydrogen-bond donors (Lipinski definition) is 1. The highest BCUT2D eigenvalue weighted by Gasteiger charge is 2.22. The van der Waals surface area contributed by atoms with E-state index in [-0.39, 0.29) is 0 Å². The maximum Gasteiger partial charge on any atom is 0.147 e. The molecule has 0 spiro atoms. The van der Waals surface area contributed by atoms with Crippen molar-refractivity contribution in [3.05, 3.63) is 36.7 Å². The molecule has 1 N–H and O–H groups in total. The molecule has 2 aromatic heterocycles. The van der Waals surface area contributed by atoms with Gasteiger partial charge in [0, 0.05) is 38.7 Å². The van der Waals surface area contributed by atoms with Crippen LogP contribution in [0, 0.1) is 5.92 Å². The van der Waals surface area contributed by atoms with Crippen LogP contribution in [0.1, 0.15) is 18.5 Å². The third-order valence-corrected chi connectivity index (χ3v) is 3.90. The summed E-state index contributed by atoms with van der Waals surface area (Å²) in [7, 11) is 1.89. The summed E-state index contributed by atoms with van der Waals surface area (Å²) >= 11 is 0. The predicted molar refractivity (Wildman–Crippen MR) is 82.3 cm³/mol. The van der Waals surface area contributed by atoms with E-state index in [2.05, 4.69) is 30.2 Å². The Hall–Kier alpha value is -2.24. The average molecular weight is 284 g/mol. The Bertz CT molecular complexity index is 573. The third kappa shape index (κ3) is 3.26. The monoisotopic (exact) mass is 284 g/mol. The fourth-order valence-electron chi connectivity index (χ4n) is 2.91. The second-order valence-electron chi connectivity index (χ2n) is 5.33. The Morgan fingerprint density at radius 3 is 2.95 bits per heavy atom. The first kappa shape index (κ1) is 13.7. The Labute approximate surface area is 124 Å². The molecule has 3 rings (SSSR count). The second kappa shape index (κ2) is 6.47. The lowest BCUT2D eigenvalue weighted by molar-refractivity contribution is 0.408. The van der Waals surface area contributed by atoms with Crippen molar-refractivity contribution in [3.8, 4) is 0 Å². The first-order valence-corrected chi connectivity index (χ1v) is 7.35. The molecule has 0 aromatic carbocycles. The number of piperidine rings is 1. The molecule has 110 valence electrons. The second-order valence-corrected chi connectivity index (χ2v) is 5.33. The van der Waals surface area contributed by atoms with E-state index in [1.807, 2.05) is 13.1 Å². The summed E-state index contributed by atoms with van der Waals surface area (Å²) in [5.74, 6) is 2.48. The molecular weight excluding hydrogens is 264 g/mol. The average Bonchev–Trinajstić information content (AvgIpc) is 2.56. The number of nitrogens with one attached hydrogen (secondary N) is 1. The van der Waals surface area contributed by atoms with Crippen molar-refractivity contribution in [2.45, 2.75) is 19.3 Å². The van der Waals surface area contributed by atoms with Crippen LogP contribution in [0.5, 0.6) is 0 Å². The molecule has 1 atom stereocenters. The molecule has 0 saturated carbocycles. The van der Waals surface area contributed by atoms with Crippen molar-refractivity contribution in [2.24, 2.45) is 5.92 Å². The molecule has 0 unspecified atom stereocenters. The summed E-state index contributed by atoms with van der Waals surface area (Å²) < 4.78 is 0. The fraction of sp³-hybridized carbons (Fsp3) is 0.467. The molecule has 0 amide bonds. The van der Waals surface area contributed by atoms with E-state index < -0.39 is 0 Å². The van der Waals surface area contributed by atoms with E-state index in [0.29, 0.717) is 5.92 Å². The SMILES string of the molecule is CNc1nccnc1C[C@@H]1CCCN(c2ccncn2)C1. The lowest BCUT2D eigenvalue weighted by atomic mass is 9.93. The van der Waals surface area contributed by atoms with Crippen molar-refractivity contribution < 1.29 is 0 Å². The van der Waals surface area contributed by atoms with Crippen LogP contribution >= 0.6 is 0 Å². The van der Waals surface area contributed by atoms with Gasteiger partial charge in [-0.15, -0.1) is 0 Å². The third-order valence-electron chi connectivity index (χ3n) is 3.90. The van der Waals surface area contributed by atoms with Gasteiger partial charge in [-0.05, 0) is 31.2 Å². The summed E-state index contributed by atoms with van der Waals surface area (Å²) in [5.41, 5.74) is 1.05. The van der Waals surface area contributed by atoms with Crippen LogP contribution in [0.3, 0.4) is 0 Å². The van der Waals surface area contributed by atoms with E-state index in [1.165, 1.54) is 12.8 Å². The zero-order valence-corrected chi connectivity index (χ0v) is 12.2. The topological polar surface area (TPSA) is 66.8 Å². The van der Waals surface area contributed by atoms with Gasteiger partial charge in [0.05, 0.1) is 5.69 Å². The maximum atomic E-state index is 4.47. The molecular formula is C15H20N6. The molecule has 1 saturated heterocycles. The Morgan fingerprint density at radius 1 is 1.24 bits per heavy atom. The first-order chi connectivity index (χ1) is 10.4. The molecule has 2 aromatic rings. The van der Waals surface area contributed by atoms with Crippen molar-refractivity contribution in [2.75, 3.05) is 30.4 Å². The molecule has 0 aliphatic carbocycles. The zero-order valence-electron chi connectivity index (χ0n) is 12.2. The highest BCUT2D eigenvalue weighted by atomic mass is 15.2. The number of hydrogen-bond acceptors (Lipinski definition) is 6. The van der Waals surface area contributed by atoms with Gasteiger partial charge in [-0.1, -0.05) is 0 Å². The Kier molecular flexibility index (Phi) is 4.23. The van der Waals surface area contributed by atoms with Gasteiger partial charge in [-0.2, -0.15) is 0 Å². The van der Waals surface area contributed by atoms with Gasteiger partial charge in [-0.25, -0.2) is 15.0 Å². The molecule has 1 aliphatic rings. The van der Waals surface area contributed by atoms with Crippen LogP contribution in [0.4, 0.5) is 11.6 Å². The van der Waals surface area contributed by atoms with Gasteiger partial charge < -0.3 is 10.2 Å². The number of aromatic nitrogens is 4. The number of nitrogens with zero attached hydrogens (tertiary/aromatic N) is 5. The number of anilines is 2. The smallest absolute Gasteiger partial charge is 0.147 e. The largest absolute Gasteiger partial charge is 0.372 e. The van der Waals surface area contributed by atoms with Crippen molar-refractivity contribution >= 4 is 11.6 Å². The Morgan fingerprint density at radius 2 is 2.14 bits per heavy atom. The van der Waals surface area contributed by atoms with E-state index in [1.54, 1.807) is 24.9 Å². The minimum absolute atomic E-state index is 0.581. The van der Waals surface area contributed by atoms with Crippen LogP contribution < -0.4 is 10.2 Å². The van der Waals surface area contributed by atoms with E-state index >= 15 is 0 Å². The number of rotatable bonds is 4. The Balaban J connectivity index is 1.69. The first-order valence-electron chi connectivity index (χ1n) is 7.35. The van der Waals surface area contributed by atoms with Gasteiger partial charge in [0.1, 0.15) is 18.0 Å². The molecule has 1 fully saturated rings. The summed E-state index contributed by atoms with van der Waals surface area (Å²) in [5, 5.41) is 3.12. The minimum Gasteiger partial charge on any atom is -0.372 e.